The fourth-order valence-electron chi connectivity index (χ4n) is 2.60. The summed E-state index contributed by atoms with van der Waals surface area (Å²) in [6, 6.07) is 5.87. The van der Waals surface area contributed by atoms with Crippen molar-refractivity contribution >= 4 is 43.3 Å². The minimum atomic E-state index is -4.77. The van der Waals surface area contributed by atoms with Gasteiger partial charge in [-0.05, 0) is 35.9 Å². The van der Waals surface area contributed by atoms with Crippen molar-refractivity contribution in [1.82, 2.24) is 5.32 Å². The summed E-state index contributed by atoms with van der Waals surface area (Å²) in [6.07, 6.45) is -4.77. The van der Waals surface area contributed by atoms with Crippen LogP contribution in [0.25, 0.3) is 0 Å². The highest BCUT2D eigenvalue weighted by atomic mass is 79.9. The van der Waals surface area contributed by atoms with Gasteiger partial charge >= 0.3 is 6.18 Å². The number of carbonyl (C=O) groups is 1. The Labute approximate surface area is 178 Å². The van der Waals surface area contributed by atoms with E-state index < -0.39 is 34.1 Å². The maximum absolute atomic E-state index is 13.2. The summed E-state index contributed by atoms with van der Waals surface area (Å²) in [5.74, 6) is -1.01. The molecule has 158 valence electrons. The molecule has 0 aromatic heterocycles. The fraction of sp³-hybridized carbons (Fsp3) is 0.278. The molecule has 0 saturated heterocycles. The van der Waals surface area contributed by atoms with E-state index in [1.165, 1.54) is 25.1 Å². The van der Waals surface area contributed by atoms with Gasteiger partial charge in [0.15, 0.2) is 9.84 Å². The Morgan fingerprint density at radius 2 is 1.90 bits per heavy atom. The number of halogens is 5. The molecule has 2 N–H and O–H groups in total. The first-order valence-corrected chi connectivity index (χ1v) is 11.0. The van der Waals surface area contributed by atoms with E-state index in [4.69, 9.17) is 11.6 Å². The zero-order valence-electron chi connectivity index (χ0n) is 15.0. The fourth-order valence-corrected chi connectivity index (χ4v) is 4.50. The molecule has 5 nitrogen and oxygen atoms in total. The van der Waals surface area contributed by atoms with Crippen molar-refractivity contribution in [2.75, 3.05) is 5.75 Å². The molecule has 2 aromatic carbocycles. The minimum Gasteiger partial charge on any atom is -0.392 e. The van der Waals surface area contributed by atoms with Crippen LogP contribution >= 0.6 is 27.5 Å². The van der Waals surface area contributed by atoms with Crippen LogP contribution in [0.15, 0.2) is 39.7 Å². The maximum atomic E-state index is 13.2. The van der Waals surface area contributed by atoms with E-state index in [9.17, 15) is 31.5 Å². The highest BCUT2D eigenvalue weighted by molar-refractivity contribution is 9.10. The van der Waals surface area contributed by atoms with Crippen molar-refractivity contribution in [3.8, 4) is 0 Å². The summed E-state index contributed by atoms with van der Waals surface area (Å²) >= 11 is 8.84. The van der Waals surface area contributed by atoms with Gasteiger partial charge in [0.1, 0.15) is 0 Å². The quantitative estimate of drug-likeness (QED) is 0.601. The second kappa shape index (κ2) is 9.03. The van der Waals surface area contributed by atoms with Gasteiger partial charge in [-0.15, -0.1) is 0 Å². The van der Waals surface area contributed by atoms with Crippen molar-refractivity contribution < 1.29 is 31.5 Å². The Morgan fingerprint density at radius 3 is 2.45 bits per heavy atom. The molecule has 0 aliphatic heterocycles. The number of hydrogen-bond donors (Lipinski definition) is 2. The number of aliphatic hydroxyl groups is 1. The molecule has 29 heavy (non-hydrogen) atoms. The Bertz CT molecular complexity index is 1040. The lowest BCUT2D eigenvalue weighted by molar-refractivity contribution is -0.138. The van der Waals surface area contributed by atoms with Crippen LogP contribution < -0.4 is 5.32 Å². The van der Waals surface area contributed by atoms with Crippen molar-refractivity contribution in [2.24, 2.45) is 0 Å². The third-order valence-corrected chi connectivity index (χ3v) is 6.87. The molecule has 2 aromatic rings. The summed E-state index contributed by atoms with van der Waals surface area (Å²) in [7, 11) is -3.59. The van der Waals surface area contributed by atoms with Gasteiger partial charge in [0, 0.05) is 27.2 Å². The average molecular weight is 515 g/mol. The molecule has 2 rings (SSSR count). The number of carbonyl (C=O) groups excluding carboxylic acids is 1. The van der Waals surface area contributed by atoms with Crippen LogP contribution in [0.4, 0.5) is 13.2 Å². The number of aliphatic hydroxyl groups excluding tert-OH is 1. The number of rotatable bonds is 6. The first-order chi connectivity index (χ1) is 13.4. The van der Waals surface area contributed by atoms with Gasteiger partial charge in [-0.2, -0.15) is 13.2 Å². The van der Waals surface area contributed by atoms with E-state index in [2.05, 4.69) is 21.2 Å². The summed E-state index contributed by atoms with van der Waals surface area (Å²) in [5.41, 5.74) is -1.62. The van der Waals surface area contributed by atoms with Crippen molar-refractivity contribution in [1.29, 1.82) is 0 Å². The predicted octanol–water partition coefficient (Wildman–Crippen LogP) is 4.34. The second-order valence-electron chi connectivity index (χ2n) is 5.98. The number of sulfone groups is 1. The van der Waals surface area contributed by atoms with E-state index in [1.54, 1.807) is 0 Å². The second-order valence-corrected chi connectivity index (χ2v) is 9.52. The summed E-state index contributed by atoms with van der Waals surface area (Å²) in [6.45, 7) is 0.345. The van der Waals surface area contributed by atoms with Gasteiger partial charge in [-0.1, -0.05) is 34.5 Å². The molecule has 0 aliphatic carbocycles. The van der Waals surface area contributed by atoms with Gasteiger partial charge in [-0.3, -0.25) is 4.79 Å². The summed E-state index contributed by atoms with van der Waals surface area (Å²) in [4.78, 5) is 12.4. The molecule has 0 spiro atoms. The largest absolute Gasteiger partial charge is 0.416 e. The van der Waals surface area contributed by atoms with E-state index >= 15 is 0 Å². The SMILES string of the molecule is CCS(=O)(=O)c1ccc(Cl)cc1CNC(=O)c1cc(Br)c(CO)c(C(F)(F)F)c1. The van der Waals surface area contributed by atoms with Gasteiger partial charge in [0.25, 0.3) is 5.91 Å². The van der Waals surface area contributed by atoms with Crippen LogP contribution in [-0.2, 0) is 29.2 Å². The highest BCUT2D eigenvalue weighted by Gasteiger charge is 2.35. The molecule has 0 unspecified atom stereocenters. The zero-order valence-corrected chi connectivity index (χ0v) is 18.1. The average Bonchev–Trinajstić information content (AvgIpc) is 2.64. The number of nitrogens with one attached hydrogen (secondary N) is 1. The summed E-state index contributed by atoms with van der Waals surface area (Å²) < 4.78 is 64.0. The molecular formula is C18H16BrClF3NO4S. The Balaban J connectivity index is 2.36. The predicted molar refractivity (Wildman–Crippen MR) is 105 cm³/mol. The van der Waals surface area contributed by atoms with Crippen LogP contribution in [0.5, 0.6) is 0 Å². The molecule has 0 radical (unpaired) electrons. The third kappa shape index (κ3) is 5.50. The number of alkyl halides is 3. The lowest BCUT2D eigenvalue weighted by atomic mass is 10.0. The first-order valence-electron chi connectivity index (χ1n) is 8.20. The smallest absolute Gasteiger partial charge is 0.392 e. The molecule has 0 saturated carbocycles. The molecule has 0 bridgehead atoms. The lowest BCUT2D eigenvalue weighted by Gasteiger charge is -2.16. The molecule has 0 aliphatic rings. The number of amides is 1. The van der Waals surface area contributed by atoms with Crippen molar-refractivity contribution in [3.63, 3.8) is 0 Å². The van der Waals surface area contributed by atoms with E-state index in [1.807, 2.05) is 0 Å². The number of benzene rings is 2. The zero-order chi connectivity index (χ0) is 22.0. The highest BCUT2D eigenvalue weighted by Crippen LogP contribution is 2.36. The van der Waals surface area contributed by atoms with Gasteiger partial charge < -0.3 is 10.4 Å². The van der Waals surface area contributed by atoms with Crippen molar-refractivity contribution in [2.45, 2.75) is 31.1 Å². The first kappa shape index (κ1) is 23.7. The van der Waals surface area contributed by atoms with Crippen LogP contribution in [-0.4, -0.2) is 25.2 Å². The lowest BCUT2D eigenvalue weighted by Crippen LogP contribution is -2.25. The monoisotopic (exact) mass is 513 g/mol. The van der Waals surface area contributed by atoms with Crippen LogP contribution in [0.3, 0.4) is 0 Å². The van der Waals surface area contributed by atoms with Crippen LogP contribution in [0.2, 0.25) is 5.02 Å². The van der Waals surface area contributed by atoms with Gasteiger partial charge in [-0.25, -0.2) is 8.42 Å². The van der Waals surface area contributed by atoms with Crippen LogP contribution in [0.1, 0.15) is 34.0 Å². The molecule has 0 heterocycles. The van der Waals surface area contributed by atoms with Gasteiger partial charge in [0.05, 0.1) is 22.8 Å². The molecule has 0 atom stereocenters. The molecule has 0 fully saturated rings. The Kier molecular flexibility index (Phi) is 7.37. The van der Waals surface area contributed by atoms with E-state index in [0.717, 1.165) is 6.07 Å². The molecule has 1 amide bonds. The molecular weight excluding hydrogens is 499 g/mol. The van der Waals surface area contributed by atoms with Crippen LogP contribution in [0, 0.1) is 0 Å². The molecule has 11 heteroatoms. The number of hydrogen-bond acceptors (Lipinski definition) is 4. The van der Waals surface area contributed by atoms with Gasteiger partial charge in [0.2, 0.25) is 0 Å². The Morgan fingerprint density at radius 1 is 1.24 bits per heavy atom. The topological polar surface area (TPSA) is 83.5 Å². The maximum Gasteiger partial charge on any atom is 0.416 e. The summed E-state index contributed by atoms with van der Waals surface area (Å²) in [5, 5.41) is 11.9. The standard InChI is InChI=1S/C18H16BrClF3NO4S/c1-2-29(27,28)16-4-3-12(20)5-11(16)8-24-17(26)10-6-14(18(21,22)23)13(9-25)15(19)7-10/h3-7,25H,2,8-9H2,1H3,(H,24,26). The normalized spacial score (nSPS) is 12.1. The minimum absolute atomic E-state index is 0.0162. The third-order valence-electron chi connectivity index (χ3n) is 4.10. The van der Waals surface area contributed by atoms with E-state index in [-0.39, 0.29) is 43.4 Å². The Hall–Kier alpha value is -1.62. The van der Waals surface area contributed by atoms with E-state index in [0.29, 0.717) is 6.07 Å². The van der Waals surface area contributed by atoms with Crippen molar-refractivity contribution in [3.05, 3.63) is 62.1 Å².